The van der Waals surface area contributed by atoms with Gasteiger partial charge < -0.3 is 4.90 Å². The van der Waals surface area contributed by atoms with Crippen molar-refractivity contribution in [3.05, 3.63) is 69.5 Å². The topological polar surface area (TPSA) is 51.0 Å². The van der Waals surface area contributed by atoms with E-state index in [1.807, 2.05) is 23.8 Å². The SMILES string of the molecule is CCCC(CC)n1cnc2c3c(c(Cc4ccc(C)nc4)cc2c1=O)C=CCN3C. The van der Waals surface area contributed by atoms with Gasteiger partial charge in [-0.25, -0.2) is 4.98 Å². The summed E-state index contributed by atoms with van der Waals surface area (Å²) < 4.78 is 1.84. The van der Waals surface area contributed by atoms with Crippen LogP contribution < -0.4 is 10.5 Å². The first-order valence-electron chi connectivity index (χ1n) is 10.9. The fourth-order valence-corrected chi connectivity index (χ4v) is 4.43. The molecule has 3 aromatic rings. The van der Waals surface area contributed by atoms with E-state index < -0.39 is 0 Å². The summed E-state index contributed by atoms with van der Waals surface area (Å²) >= 11 is 0. The molecule has 5 heteroatoms. The lowest BCUT2D eigenvalue weighted by Gasteiger charge is -2.27. The van der Waals surface area contributed by atoms with Gasteiger partial charge in [-0.2, -0.15) is 0 Å². The lowest BCUT2D eigenvalue weighted by Crippen LogP contribution is -2.27. The Balaban J connectivity index is 1.92. The molecule has 0 fully saturated rings. The van der Waals surface area contributed by atoms with Gasteiger partial charge in [-0.3, -0.25) is 14.3 Å². The maximum atomic E-state index is 13.5. The number of hydrogen-bond donors (Lipinski definition) is 0. The largest absolute Gasteiger partial charge is 0.369 e. The molecule has 156 valence electrons. The molecule has 1 unspecified atom stereocenters. The number of nitrogens with zero attached hydrogens (tertiary/aromatic N) is 4. The number of hydrogen-bond acceptors (Lipinski definition) is 4. The maximum absolute atomic E-state index is 13.5. The smallest absolute Gasteiger partial charge is 0.261 e. The molecule has 4 rings (SSSR count). The number of likely N-dealkylation sites (N-methyl/N-ethyl adjacent to an activating group) is 1. The quantitative estimate of drug-likeness (QED) is 0.588. The Labute approximate surface area is 178 Å². The highest BCUT2D eigenvalue weighted by molar-refractivity contribution is 5.97. The van der Waals surface area contributed by atoms with Crippen molar-refractivity contribution in [2.75, 3.05) is 18.5 Å². The normalized spacial score (nSPS) is 14.2. The average molecular weight is 403 g/mol. The Kier molecular flexibility index (Phi) is 5.71. The van der Waals surface area contributed by atoms with E-state index in [4.69, 9.17) is 4.98 Å². The van der Waals surface area contributed by atoms with E-state index >= 15 is 0 Å². The minimum absolute atomic E-state index is 0.0642. The average Bonchev–Trinajstić information content (AvgIpc) is 2.75. The van der Waals surface area contributed by atoms with E-state index in [9.17, 15) is 4.79 Å². The number of benzene rings is 1. The highest BCUT2D eigenvalue weighted by atomic mass is 16.1. The van der Waals surface area contributed by atoms with Gasteiger partial charge in [-0.1, -0.05) is 38.5 Å². The predicted octanol–water partition coefficient (Wildman–Crippen LogP) is 4.90. The van der Waals surface area contributed by atoms with E-state index in [-0.39, 0.29) is 11.6 Å². The van der Waals surface area contributed by atoms with E-state index in [1.165, 1.54) is 0 Å². The molecule has 0 amide bonds. The second kappa shape index (κ2) is 8.42. The molecule has 0 saturated heterocycles. The zero-order valence-electron chi connectivity index (χ0n) is 18.4. The third-order valence-electron chi connectivity index (χ3n) is 6.07. The summed E-state index contributed by atoms with van der Waals surface area (Å²) in [6.07, 6.45) is 11.7. The van der Waals surface area contributed by atoms with Gasteiger partial charge in [0.25, 0.3) is 5.56 Å². The molecular formula is C25H30N4O. The zero-order valence-corrected chi connectivity index (χ0v) is 18.4. The fraction of sp³-hybridized carbons (Fsp3) is 0.400. The highest BCUT2D eigenvalue weighted by Crippen LogP contribution is 2.35. The minimum Gasteiger partial charge on any atom is -0.369 e. The van der Waals surface area contributed by atoms with Crippen LogP contribution in [-0.2, 0) is 6.42 Å². The predicted molar refractivity (Wildman–Crippen MR) is 124 cm³/mol. The molecule has 1 atom stereocenters. The van der Waals surface area contributed by atoms with Crippen molar-refractivity contribution in [3.8, 4) is 0 Å². The van der Waals surface area contributed by atoms with Gasteiger partial charge in [0.15, 0.2) is 0 Å². The number of fused-ring (bicyclic) bond motifs is 3. The molecule has 3 heterocycles. The molecule has 0 saturated carbocycles. The summed E-state index contributed by atoms with van der Waals surface area (Å²) in [4.78, 5) is 24.9. The van der Waals surface area contributed by atoms with Crippen molar-refractivity contribution in [2.24, 2.45) is 0 Å². The van der Waals surface area contributed by atoms with Crippen molar-refractivity contribution in [2.45, 2.75) is 52.5 Å². The first-order valence-corrected chi connectivity index (χ1v) is 10.9. The van der Waals surface area contributed by atoms with Crippen molar-refractivity contribution in [1.29, 1.82) is 0 Å². The van der Waals surface area contributed by atoms with Crippen LogP contribution in [0.25, 0.3) is 17.0 Å². The molecule has 1 aliphatic rings. The van der Waals surface area contributed by atoms with Crippen LogP contribution >= 0.6 is 0 Å². The van der Waals surface area contributed by atoms with E-state index in [0.29, 0.717) is 5.39 Å². The molecule has 2 aromatic heterocycles. The number of pyridine rings is 1. The third-order valence-corrected chi connectivity index (χ3v) is 6.07. The molecule has 5 nitrogen and oxygen atoms in total. The lowest BCUT2D eigenvalue weighted by molar-refractivity contribution is 0.433. The van der Waals surface area contributed by atoms with E-state index in [2.05, 4.69) is 55.1 Å². The Bertz CT molecular complexity index is 1140. The summed E-state index contributed by atoms with van der Waals surface area (Å²) in [5, 5.41) is 0.711. The standard InChI is InChI=1S/C25H30N4O/c1-5-8-20(6-2)29-16-27-23-22(25(29)30)14-19(13-18-11-10-17(3)26-15-18)21-9-7-12-28(4)24(21)23/h7,9-11,14-16,20H,5-6,8,12-13H2,1-4H3. The summed E-state index contributed by atoms with van der Waals surface area (Å²) in [5.41, 5.74) is 6.37. The van der Waals surface area contributed by atoms with Crippen LogP contribution in [0.2, 0.25) is 0 Å². The zero-order chi connectivity index (χ0) is 21.3. The number of aryl methyl sites for hydroxylation is 1. The Morgan fingerprint density at radius 2 is 2.03 bits per heavy atom. The number of anilines is 1. The first kappa shape index (κ1) is 20.3. The van der Waals surface area contributed by atoms with Gasteiger partial charge in [0.1, 0.15) is 5.52 Å². The van der Waals surface area contributed by atoms with Crippen LogP contribution in [0.1, 0.15) is 61.5 Å². The summed E-state index contributed by atoms with van der Waals surface area (Å²) in [6.45, 7) is 7.11. The number of aromatic nitrogens is 3. The van der Waals surface area contributed by atoms with Gasteiger partial charge >= 0.3 is 0 Å². The van der Waals surface area contributed by atoms with Crippen LogP contribution in [-0.4, -0.2) is 28.1 Å². The van der Waals surface area contributed by atoms with Crippen LogP contribution in [0.15, 0.2) is 41.6 Å². The van der Waals surface area contributed by atoms with Crippen LogP contribution in [0.3, 0.4) is 0 Å². The van der Waals surface area contributed by atoms with Gasteiger partial charge in [-0.15, -0.1) is 0 Å². The summed E-state index contributed by atoms with van der Waals surface area (Å²) in [7, 11) is 2.07. The van der Waals surface area contributed by atoms with Gasteiger partial charge in [0, 0.05) is 37.1 Å². The molecule has 0 N–H and O–H groups in total. The Morgan fingerprint density at radius 3 is 2.73 bits per heavy atom. The van der Waals surface area contributed by atoms with Gasteiger partial charge in [0.05, 0.1) is 17.4 Å². The minimum atomic E-state index is 0.0642. The van der Waals surface area contributed by atoms with Crippen molar-refractivity contribution in [1.82, 2.24) is 14.5 Å². The third kappa shape index (κ3) is 3.64. The monoisotopic (exact) mass is 402 g/mol. The highest BCUT2D eigenvalue weighted by Gasteiger charge is 2.22. The van der Waals surface area contributed by atoms with Crippen LogP contribution in [0, 0.1) is 6.92 Å². The molecule has 30 heavy (non-hydrogen) atoms. The summed E-state index contributed by atoms with van der Waals surface area (Å²) in [6, 6.07) is 6.40. The van der Waals surface area contributed by atoms with Gasteiger partial charge in [-0.05, 0) is 49.4 Å². The molecule has 0 bridgehead atoms. The molecular weight excluding hydrogens is 372 g/mol. The molecule has 1 aliphatic heterocycles. The molecule has 0 radical (unpaired) electrons. The molecule has 0 aliphatic carbocycles. The van der Waals surface area contributed by atoms with Crippen molar-refractivity contribution >= 4 is 22.7 Å². The lowest BCUT2D eigenvalue weighted by atomic mass is 9.94. The van der Waals surface area contributed by atoms with E-state index in [0.717, 1.165) is 65.8 Å². The van der Waals surface area contributed by atoms with Crippen LogP contribution in [0.5, 0.6) is 0 Å². The Morgan fingerprint density at radius 1 is 1.20 bits per heavy atom. The van der Waals surface area contributed by atoms with Crippen LogP contribution in [0.4, 0.5) is 5.69 Å². The van der Waals surface area contributed by atoms with Gasteiger partial charge in [0.2, 0.25) is 0 Å². The number of rotatable bonds is 6. The first-order chi connectivity index (χ1) is 14.5. The second-order valence-corrected chi connectivity index (χ2v) is 8.27. The Hall–Kier alpha value is -2.95. The maximum Gasteiger partial charge on any atom is 0.261 e. The summed E-state index contributed by atoms with van der Waals surface area (Å²) in [5.74, 6) is 0. The second-order valence-electron chi connectivity index (χ2n) is 8.27. The van der Waals surface area contributed by atoms with Crippen molar-refractivity contribution < 1.29 is 0 Å². The molecule has 0 spiro atoms. The fourth-order valence-electron chi connectivity index (χ4n) is 4.43. The van der Waals surface area contributed by atoms with Crippen molar-refractivity contribution in [3.63, 3.8) is 0 Å². The molecule has 1 aromatic carbocycles. The van der Waals surface area contributed by atoms with E-state index in [1.54, 1.807) is 6.33 Å².